The second kappa shape index (κ2) is 9.85. The number of nitrogens with one attached hydrogen (secondary N) is 2. The Bertz CT molecular complexity index is 2040. The van der Waals surface area contributed by atoms with E-state index in [2.05, 4.69) is 9.97 Å². The molecule has 8 bridgehead atoms. The number of rotatable bonds is 0. The first-order chi connectivity index (χ1) is 19.8. The molecule has 2 aliphatic heterocycles. The monoisotopic (exact) mass is 605 g/mol. The molecule has 0 spiro atoms. The molecule has 1 radical (unpaired) electrons. The minimum absolute atomic E-state index is 0. The molecule has 4 aromatic carbocycles. The number of halogens is 1. The molecule has 0 saturated carbocycles. The maximum Gasteiger partial charge on any atom is 0.164 e. The Balaban J connectivity index is 0.00000144. The molecule has 10 heteroatoms. The number of aromatic nitrogens is 8. The molecule has 0 saturated heterocycles. The molecule has 0 aliphatic carbocycles. The van der Waals surface area contributed by atoms with E-state index in [9.17, 15) is 0 Å². The Labute approximate surface area is 255 Å². The molecule has 0 atom stereocenters. The summed E-state index contributed by atoms with van der Waals surface area (Å²) in [5.41, 5.74) is 6.45. The maximum absolute atomic E-state index is 5.02. The molecule has 0 fully saturated rings. The Morgan fingerprint density at radius 3 is 0.833 bits per heavy atom. The summed E-state index contributed by atoms with van der Waals surface area (Å²) in [5, 5.41) is 3.82. The van der Waals surface area contributed by atoms with Crippen molar-refractivity contribution in [2.75, 3.05) is 0 Å². The van der Waals surface area contributed by atoms with Gasteiger partial charge in [0.2, 0.25) is 0 Å². The van der Waals surface area contributed by atoms with Gasteiger partial charge in [-0.2, -0.15) is 0 Å². The summed E-state index contributed by atoms with van der Waals surface area (Å²) in [7, 11) is 0. The molecule has 2 aliphatic rings. The summed E-state index contributed by atoms with van der Waals surface area (Å²) in [6.45, 7) is 0. The van der Waals surface area contributed by atoms with E-state index in [-0.39, 0.29) is 29.5 Å². The second-order valence-corrected chi connectivity index (χ2v) is 9.79. The van der Waals surface area contributed by atoms with Crippen LogP contribution in [0.5, 0.6) is 0 Å². The summed E-state index contributed by atoms with van der Waals surface area (Å²) in [5.74, 6) is 2.39. The van der Waals surface area contributed by atoms with Gasteiger partial charge in [0.15, 0.2) is 23.3 Å². The van der Waals surface area contributed by atoms with E-state index < -0.39 is 0 Å². The van der Waals surface area contributed by atoms with E-state index in [1.807, 2.05) is 97.1 Å². The van der Waals surface area contributed by atoms with Crippen LogP contribution in [-0.4, -0.2) is 39.9 Å². The van der Waals surface area contributed by atoms with E-state index in [0.717, 1.165) is 43.8 Å². The molecule has 0 amide bonds. The summed E-state index contributed by atoms with van der Waals surface area (Å²) in [6.07, 6.45) is 0. The van der Waals surface area contributed by atoms with Crippen LogP contribution in [0.3, 0.4) is 0 Å². The Hall–Kier alpha value is -4.95. The predicted molar refractivity (Wildman–Crippen MR) is 163 cm³/mol. The van der Waals surface area contributed by atoms with Crippen molar-refractivity contribution in [1.29, 1.82) is 0 Å². The van der Waals surface area contributed by atoms with Crippen molar-refractivity contribution in [3.63, 3.8) is 0 Å². The first-order valence-corrected chi connectivity index (χ1v) is 13.0. The van der Waals surface area contributed by atoms with Crippen LogP contribution in [-0.2, 0) is 17.1 Å². The Morgan fingerprint density at radius 2 is 0.571 bits per heavy atom. The molecule has 2 N–H and O–H groups in total. The van der Waals surface area contributed by atoms with Gasteiger partial charge < -0.3 is 9.97 Å². The van der Waals surface area contributed by atoms with Crippen LogP contribution in [0.25, 0.3) is 89.7 Å². The molecule has 8 nitrogen and oxygen atoms in total. The van der Waals surface area contributed by atoms with Gasteiger partial charge in [0.05, 0.1) is 0 Å². The zero-order chi connectivity index (χ0) is 26.2. The molecule has 3 aromatic heterocycles. The second-order valence-electron chi connectivity index (χ2n) is 9.79. The van der Waals surface area contributed by atoms with Crippen molar-refractivity contribution in [2.24, 2.45) is 0 Å². The largest absolute Gasteiger partial charge is 0.324 e. The third-order valence-electron chi connectivity index (χ3n) is 7.46. The standard InChI is InChI=1S/C32H18N8.ClH.Mn/c1-2-10-18-17(9-1)25-33-26(18)38-28-21-13-5-6-14-22(21)30(35-28)40-32-24-16-8-7-15-23(24)31(36-32)39-29-20-12-4-3-11-19(20)27(34-29)37-25;;/h1-16H,(H2,33,34,35,36,37,38,39,40);1H;. The van der Waals surface area contributed by atoms with Crippen LogP contribution in [0.2, 0.25) is 0 Å². The summed E-state index contributed by atoms with van der Waals surface area (Å²) in [4.78, 5) is 36.8. The fraction of sp³-hybridized carbons (Fsp3) is 0. The first kappa shape index (κ1) is 26.0. The molecule has 0 unspecified atom stereocenters. The molecule has 42 heavy (non-hydrogen) atoms. The van der Waals surface area contributed by atoms with Crippen molar-refractivity contribution in [1.82, 2.24) is 39.9 Å². The minimum Gasteiger partial charge on any atom is -0.324 e. The van der Waals surface area contributed by atoms with Crippen LogP contribution in [0, 0.1) is 0 Å². The van der Waals surface area contributed by atoms with Crippen LogP contribution in [0.15, 0.2) is 97.1 Å². The number of fused-ring (bicyclic) bond motifs is 20. The topological polar surface area (TPSA) is 109 Å². The molecular weight excluding hydrogens is 587 g/mol. The normalized spacial score (nSPS) is 11.4. The molecule has 201 valence electrons. The maximum atomic E-state index is 5.02. The molecule has 5 heterocycles. The third kappa shape index (κ3) is 3.83. The van der Waals surface area contributed by atoms with Crippen LogP contribution in [0.1, 0.15) is 0 Å². The molecule has 9 rings (SSSR count). The van der Waals surface area contributed by atoms with Gasteiger partial charge in [-0.1, -0.05) is 97.1 Å². The fourth-order valence-electron chi connectivity index (χ4n) is 5.59. The van der Waals surface area contributed by atoms with Gasteiger partial charge in [-0.3, -0.25) is 0 Å². The van der Waals surface area contributed by atoms with Crippen molar-refractivity contribution >= 4 is 56.5 Å². The number of benzene rings is 4. The predicted octanol–water partition coefficient (Wildman–Crippen LogP) is 7.29. The van der Waals surface area contributed by atoms with Crippen LogP contribution >= 0.6 is 12.4 Å². The van der Waals surface area contributed by atoms with Gasteiger partial charge in [0.25, 0.3) is 0 Å². The number of H-pyrrole nitrogens is 2. The number of nitrogens with zero attached hydrogens (tertiary/aromatic N) is 6. The van der Waals surface area contributed by atoms with Crippen molar-refractivity contribution in [3.05, 3.63) is 97.1 Å². The first-order valence-electron chi connectivity index (χ1n) is 13.0. The van der Waals surface area contributed by atoms with E-state index in [0.29, 0.717) is 45.9 Å². The quantitative estimate of drug-likeness (QED) is 0.176. The summed E-state index contributed by atoms with van der Waals surface area (Å²) < 4.78 is 0. The zero-order valence-electron chi connectivity index (χ0n) is 21.7. The third-order valence-corrected chi connectivity index (χ3v) is 7.46. The average molecular weight is 606 g/mol. The van der Waals surface area contributed by atoms with Gasteiger partial charge in [0.1, 0.15) is 22.6 Å². The van der Waals surface area contributed by atoms with Crippen LogP contribution < -0.4 is 0 Å². The van der Waals surface area contributed by atoms with E-state index in [1.54, 1.807) is 0 Å². The number of hydrogen-bond acceptors (Lipinski definition) is 6. The summed E-state index contributed by atoms with van der Waals surface area (Å²) >= 11 is 0. The van der Waals surface area contributed by atoms with Crippen molar-refractivity contribution in [3.8, 4) is 45.6 Å². The average Bonchev–Trinajstić information content (AvgIpc) is 3.73. The van der Waals surface area contributed by atoms with E-state index in [1.165, 1.54) is 0 Å². The smallest absolute Gasteiger partial charge is 0.164 e. The molecule has 7 aromatic rings. The van der Waals surface area contributed by atoms with Gasteiger partial charge in [-0.05, 0) is 0 Å². The Kier molecular flexibility index (Phi) is 6.09. The zero-order valence-corrected chi connectivity index (χ0v) is 23.7. The van der Waals surface area contributed by atoms with Crippen molar-refractivity contribution < 1.29 is 17.1 Å². The summed E-state index contributed by atoms with van der Waals surface area (Å²) in [6, 6.07) is 32.2. The SMILES string of the molecule is Cl.[Mn].c1ccc2c(c1)-c1nc-2nc2[nH]c(nc3nc(nc4[nH]c(n1)c1ccccc41)-c1ccccc1-3)c1ccccc21. The minimum atomic E-state index is 0. The Morgan fingerprint density at radius 1 is 0.333 bits per heavy atom. The van der Waals surface area contributed by atoms with E-state index >= 15 is 0 Å². The van der Waals surface area contributed by atoms with E-state index in [4.69, 9.17) is 29.9 Å². The fourth-order valence-corrected chi connectivity index (χ4v) is 5.59. The van der Waals surface area contributed by atoms with Crippen molar-refractivity contribution in [2.45, 2.75) is 0 Å². The number of hydrogen-bond donors (Lipinski definition) is 2. The van der Waals surface area contributed by atoms with Crippen LogP contribution in [0.4, 0.5) is 0 Å². The van der Waals surface area contributed by atoms with Gasteiger partial charge in [-0.25, -0.2) is 29.9 Å². The van der Waals surface area contributed by atoms with Gasteiger partial charge in [-0.15, -0.1) is 12.4 Å². The van der Waals surface area contributed by atoms with Gasteiger partial charge >= 0.3 is 0 Å². The van der Waals surface area contributed by atoms with Gasteiger partial charge in [0, 0.05) is 60.9 Å². The number of aromatic amines is 2. The molecular formula is C32H19ClMnN8.